The highest BCUT2D eigenvalue weighted by Gasteiger charge is 2.09. The van der Waals surface area contributed by atoms with Crippen LogP contribution < -0.4 is 4.74 Å². The fraction of sp³-hybridized carbons (Fsp3) is 0.200. The quantitative estimate of drug-likeness (QED) is 0.346. The van der Waals surface area contributed by atoms with Gasteiger partial charge in [0.15, 0.2) is 5.78 Å². The Morgan fingerprint density at radius 3 is 2.16 bits per heavy atom. The van der Waals surface area contributed by atoms with E-state index >= 15 is 0 Å². The molecule has 0 spiro atoms. The Kier molecular flexibility index (Phi) is 6.92. The van der Waals surface area contributed by atoms with Crippen molar-refractivity contribution in [1.82, 2.24) is 0 Å². The van der Waals surface area contributed by atoms with E-state index in [2.05, 4.69) is 4.74 Å². The minimum Gasteiger partial charge on any atom is -0.494 e. The zero-order chi connectivity index (χ0) is 18.1. The fourth-order valence-electron chi connectivity index (χ4n) is 2.10. The summed E-state index contributed by atoms with van der Waals surface area (Å²) in [7, 11) is 1.32. The van der Waals surface area contributed by atoms with Crippen molar-refractivity contribution in [1.29, 1.82) is 0 Å². The van der Waals surface area contributed by atoms with Crippen LogP contribution in [0.5, 0.6) is 5.75 Å². The summed E-state index contributed by atoms with van der Waals surface area (Å²) >= 11 is 0. The number of ketones is 1. The van der Waals surface area contributed by atoms with E-state index in [1.165, 1.54) is 13.2 Å². The van der Waals surface area contributed by atoms with Crippen LogP contribution in [0.15, 0.2) is 54.6 Å². The van der Waals surface area contributed by atoms with E-state index in [1.54, 1.807) is 54.6 Å². The van der Waals surface area contributed by atoms with Gasteiger partial charge < -0.3 is 14.6 Å². The van der Waals surface area contributed by atoms with Gasteiger partial charge in [-0.15, -0.1) is 0 Å². The number of carbonyl (C=O) groups excluding carboxylic acids is 2. The van der Waals surface area contributed by atoms with Crippen molar-refractivity contribution >= 4 is 17.8 Å². The summed E-state index contributed by atoms with van der Waals surface area (Å²) in [6.07, 6.45) is 3.52. The first-order valence-electron chi connectivity index (χ1n) is 7.88. The smallest absolute Gasteiger partial charge is 0.330 e. The van der Waals surface area contributed by atoms with Crippen molar-refractivity contribution < 1.29 is 24.2 Å². The summed E-state index contributed by atoms with van der Waals surface area (Å²) < 4.78 is 9.97. The van der Waals surface area contributed by atoms with Gasteiger partial charge in [-0.2, -0.15) is 0 Å². The monoisotopic (exact) mass is 340 g/mol. The molecule has 0 fully saturated rings. The molecule has 130 valence electrons. The highest BCUT2D eigenvalue weighted by Crippen LogP contribution is 2.16. The predicted octanol–water partition coefficient (Wildman–Crippen LogP) is 2.87. The van der Waals surface area contributed by atoms with Gasteiger partial charge in [0.25, 0.3) is 0 Å². The molecule has 0 bridgehead atoms. The van der Waals surface area contributed by atoms with Gasteiger partial charge in [0.2, 0.25) is 0 Å². The molecule has 0 aromatic heterocycles. The lowest BCUT2D eigenvalue weighted by atomic mass is 10.0. The SMILES string of the molecule is COC(=O)/C=C/c1ccc(C(=O)c2ccc(OCCCO)cc2)cc1. The zero-order valence-electron chi connectivity index (χ0n) is 14.0. The molecule has 2 rings (SSSR count). The molecule has 0 aliphatic heterocycles. The summed E-state index contributed by atoms with van der Waals surface area (Å²) in [5.41, 5.74) is 1.92. The standard InChI is InChI=1S/C20H20O5/c1-24-19(22)12-5-15-3-6-16(7-4-15)20(23)17-8-10-18(11-9-17)25-14-2-13-21/h3-12,21H,2,13-14H2,1H3/b12-5+. The summed E-state index contributed by atoms with van der Waals surface area (Å²) in [5.74, 6) is 0.139. The maximum atomic E-state index is 12.5. The Hall–Kier alpha value is -2.92. The number of hydrogen-bond donors (Lipinski definition) is 1. The minimum absolute atomic E-state index is 0.0847. The van der Waals surface area contributed by atoms with E-state index in [1.807, 2.05) is 0 Å². The van der Waals surface area contributed by atoms with Gasteiger partial charge in [-0.05, 0) is 35.9 Å². The molecule has 0 aliphatic carbocycles. The molecule has 0 saturated heterocycles. The third kappa shape index (κ3) is 5.58. The fourth-order valence-corrected chi connectivity index (χ4v) is 2.10. The number of rotatable bonds is 8. The Morgan fingerprint density at radius 2 is 1.60 bits per heavy atom. The molecule has 0 amide bonds. The van der Waals surface area contributed by atoms with E-state index in [9.17, 15) is 9.59 Å². The average Bonchev–Trinajstić information content (AvgIpc) is 2.66. The number of hydrogen-bond acceptors (Lipinski definition) is 5. The molecular formula is C20H20O5. The molecule has 5 nitrogen and oxygen atoms in total. The van der Waals surface area contributed by atoms with E-state index in [-0.39, 0.29) is 12.4 Å². The van der Waals surface area contributed by atoms with Gasteiger partial charge in [-0.25, -0.2) is 4.79 Å². The first-order valence-corrected chi connectivity index (χ1v) is 7.88. The zero-order valence-corrected chi connectivity index (χ0v) is 14.0. The maximum absolute atomic E-state index is 12.5. The molecule has 2 aromatic rings. The van der Waals surface area contributed by atoms with Crippen LogP contribution >= 0.6 is 0 Å². The van der Waals surface area contributed by atoms with Crippen LogP contribution in [0.1, 0.15) is 27.9 Å². The van der Waals surface area contributed by atoms with E-state index < -0.39 is 5.97 Å². The normalized spacial score (nSPS) is 10.6. The van der Waals surface area contributed by atoms with Crippen LogP contribution in [0.4, 0.5) is 0 Å². The third-order valence-electron chi connectivity index (χ3n) is 3.47. The summed E-state index contributed by atoms with van der Waals surface area (Å²) in [6, 6.07) is 13.8. The van der Waals surface area contributed by atoms with Crippen molar-refractivity contribution in [3.63, 3.8) is 0 Å². The van der Waals surface area contributed by atoms with Crippen molar-refractivity contribution in [2.24, 2.45) is 0 Å². The Morgan fingerprint density at radius 1 is 1.00 bits per heavy atom. The number of benzene rings is 2. The first-order chi connectivity index (χ1) is 12.1. The van der Waals surface area contributed by atoms with Crippen molar-refractivity contribution in [2.45, 2.75) is 6.42 Å². The van der Waals surface area contributed by atoms with Crippen LogP contribution in [-0.4, -0.2) is 37.2 Å². The number of carbonyl (C=O) groups is 2. The summed E-state index contributed by atoms with van der Waals surface area (Å²) in [4.78, 5) is 23.5. The van der Waals surface area contributed by atoms with Gasteiger partial charge in [-0.3, -0.25) is 4.79 Å². The highest BCUT2D eigenvalue weighted by atomic mass is 16.5. The second-order valence-corrected chi connectivity index (χ2v) is 5.26. The molecule has 0 heterocycles. The average molecular weight is 340 g/mol. The highest BCUT2D eigenvalue weighted by molar-refractivity contribution is 6.09. The predicted molar refractivity (Wildman–Crippen MR) is 94.6 cm³/mol. The summed E-state index contributed by atoms with van der Waals surface area (Å²) in [5, 5.41) is 8.73. The Balaban J connectivity index is 2.02. The molecule has 2 aromatic carbocycles. The van der Waals surface area contributed by atoms with Gasteiger partial charge in [-0.1, -0.05) is 24.3 Å². The molecule has 0 radical (unpaired) electrons. The number of ether oxygens (including phenoxy) is 2. The second-order valence-electron chi connectivity index (χ2n) is 5.26. The second kappa shape index (κ2) is 9.39. The van der Waals surface area contributed by atoms with Crippen molar-refractivity contribution in [2.75, 3.05) is 20.3 Å². The number of esters is 1. The van der Waals surface area contributed by atoms with Crippen LogP contribution in [0.25, 0.3) is 6.08 Å². The molecule has 0 saturated carbocycles. The Labute approximate surface area is 146 Å². The molecular weight excluding hydrogens is 320 g/mol. The van der Waals surface area contributed by atoms with Crippen LogP contribution in [-0.2, 0) is 9.53 Å². The van der Waals surface area contributed by atoms with Gasteiger partial charge in [0, 0.05) is 30.2 Å². The lowest BCUT2D eigenvalue weighted by molar-refractivity contribution is -0.134. The minimum atomic E-state index is -0.429. The molecule has 0 aliphatic rings. The van der Waals surface area contributed by atoms with Gasteiger partial charge in [0.05, 0.1) is 13.7 Å². The van der Waals surface area contributed by atoms with Crippen molar-refractivity contribution in [3.8, 4) is 5.75 Å². The van der Waals surface area contributed by atoms with Crippen LogP contribution in [0, 0.1) is 0 Å². The maximum Gasteiger partial charge on any atom is 0.330 e. The summed E-state index contributed by atoms with van der Waals surface area (Å²) in [6.45, 7) is 0.520. The van der Waals surface area contributed by atoms with Gasteiger partial charge >= 0.3 is 5.97 Å². The van der Waals surface area contributed by atoms with Crippen LogP contribution in [0.2, 0.25) is 0 Å². The third-order valence-corrected chi connectivity index (χ3v) is 3.47. The molecule has 0 atom stereocenters. The van der Waals surface area contributed by atoms with Crippen molar-refractivity contribution in [3.05, 3.63) is 71.3 Å². The Bertz CT molecular complexity index is 730. The van der Waals surface area contributed by atoms with Crippen LogP contribution in [0.3, 0.4) is 0 Å². The number of methoxy groups -OCH3 is 1. The van der Waals surface area contributed by atoms with E-state index in [4.69, 9.17) is 9.84 Å². The first kappa shape index (κ1) is 18.4. The lowest BCUT2D eigenvalue weighted by Gasteiger charge is -2.06. The van der Waals surface area contributed by atoms with E-state index in [0.29, 0.717) is 29.9 Å². The van der Waals surface area contributed by atoms with Gasteiger partial charge in [0.1, 0.15) is 5.75 Å². The molecule has 25 heavy (non-hydrogen) atoms. The largest absolute Gasteiger partial charge is 0.494 e. The number of aliphatic hydroxyl groups excluding tert-OH is 1. The van der Waals surface area contributed by atoms with E-state index in [0.717, 1.165) is 5.56 Å². The topological polar surface area (TPSA) is 72.8 Å². The molecule has 0 unspecified atom stereocenters. The lowest BCUT2D eigenvalue weighted by Crippen LogP contribution is -2.02. The number of aliphatic hydroxyl groups is 1. The molecule has 1 N–H and O–H groups in total. The molecule has 5 heteroatoms.